The number of hydrogen-bond donors (Lipinski definition) is 0. The number of aryl methyl sites for hydroxylation is 1. The Bertz CT molecular complexity index is 455. The molecule has 0 aliphatic carbocycles. The third-order valence-electron chi connectivity index (χ3n) is 2.05. The normalized spacial score (nSPS) is 10.1. The summed E-state index contributed by atoms with van der Waals surface area (Å²) in [4.78, 5) is 8.01. The molecule has 0 saturated carbocycles. The Balaban J connectivity index is 2.55. The zero-order valence-electron chi connectivity index (χ0n) is 7.74. The van der Waals surface area contributed by atoms with E-state index in [9.17, 15) is 0 Å². The van der Waals surface area contributed by atoms with Crippen molar-refractivity contribution in [2.24, 2.45) is 0 Å². The second-order valence-corrected chi connectivity index (χ2v) is 3.36. The van der Waals surface area contributed by atoms with Gasteiger partial charge in [-0.25, -0.2) is 9.97 Å². The maximum atomic E-state index is 5.72. The second-order valence-electron chi connectivity index (χ2n) is 3.03. The van der Waals surface area contributed by atoms with Crippen LogP contribution in [0.5, 0.6) is 0 Å². The van der Waals surface area contributed by atoms with Crippen LogP contribution >= 0.6 is 11.6 Å². The molecule has 0 aliphatic heterocycles. The number of rotatable bonds is 1. The molecule has 0 atom stereocenters. The van der Waals surface area contributed by atoms with Crippen molar-refractivity contribution in [3.63, 3.8) is 0 Å². The van der Waals surface area contributed by atoms with Gasteiger partial charge in [0.2, 0.25) is 5.28 Å². The van der Waals surface area contributed by atoms with Gasteiger partial charge in [0, 0.05) is 11.8 Å². The molecule has 70 valence electrons. The molecule has 0 amide bonds. The zero-order valence-corrected chi connectivity index (χ0v) is 8.49. The SMILES string of the molecule is Cc1ccccc1-c1ccnc(Cl)n1. The van der Waals surface area contributed by atoms with E-state index in [0.29, 0.717) is 0 Å². The monoisotopic (exact) mass is 204 g/mol. The Morgan fingerprint density at radius 3 is 2.64 bits per heavy atom. The van der Waals surface area contributed by atoms with Gasteiger partial charge in [-0.15, -0.1) is 0 Å². The third-order valence-corrected chi connectivity index (χ3v) is 2.23. The summed E-state index contributed by atoms with van der Waals surface area (Å²) < 4.78 is 0. The topological polar surface area (TPSA) is 25.8 Å². The van der Waals surface area contributed by atoms with Gasteiger partial charge in [-0.2, -0.15) is 0 Å². The van der Waals surface area contributed by atoms with Crippen molar-refractivity contribution < 1.29 is 0 Å². The lowest BCUT2D eigenvalue weighted by atomic mass is 10.1. The maximum absolute atomic E-state index is 5.72. The summed E-state index contributed by atoms with van der Waals surface area (Å²) in [6.07, 6.45) is 1.66. The van der Waals surface area contributed by atoms with Crippen LogP contribution in [0, 0.1) is 6.92 Å². The number of hydrogen-bond acceptors (Lipinski definition) is 2. The number of aromatic nitrogens is 2. The second kappa shape index (κ2) is 3.76. The lowest BCUT2D eigenvalue weighted by molar-refractivity contribution is 1.17. The molecule has 0 bridgehead atoms. The minimum Gasteiger partial charge on any atom is -0.226 e. The molecule has 2 nitrogen and oxygen atoms in total. The Kier molecular flexibility index (Phi) is 2.46. The largest absolute Gasteiger partial charge is 0.226 e. The molecule has 0 spiro atoms. The summed E-state index contributed by atoms with van der Waals surface area (Å²) in [6, 6.07) is 9.91. The van der Waals surface area contributed by atoms with Gasteiger partial charge in [-0.05, 0) is 30.2 Å². The molecule has 3 heteroatoms. The highest BCUT2D eigenvalue weighted by Gasteiger charge is 2.02. The van der Waals surface area contributed by atoms with Gasteiger partial charge in [-0.1, -0.05) is 24.3 Å². The van der Waals surface area contributed by atoms with E-state index in [1.165, 1.54) is 5.56 Å². The Hall–Kier alpha value is -1.41. The summed E-state index contributed by atoms with van der Waals surface area (Å²) in [7, 11) is 0. The molecule has 2 rings (SSSR count). The van der Waals surface area contributed by atoms with Crippen LogP contribution in [0.2, 0.25) is 5.28 Å². The first-order chi connectivity index (χ1) is 6.77. The van der Waals surface area contributed by atoms with Gasteiger partial charge in [0.05, 0.1) is 5.69 Å². The van der Waals surface area contributed by atoms with Crippen molar-refractivity contribution in [3.05, 3.63) is 47.4 Å². The zero-order chi connectivity index (χ0) is 9.97. The molecule has 1 aromatic carbocycles. The summed E-state index contributed by atoms with van der Waals surface area (Å²) >= 11 is 5.72. The van der Waals surface area contributed by atoms with E-state index in [1.807, 2.05) is 37.3 Å². The first-order valence-corrected chi connectivity index (χ1v) is 4.70. The predicted molar refractivity (Wildman–Crippen MR) is 57.2 cm³/mol. The van der Waals surface area contributed by atoms with E-state index in [4.69, 9.17) is 11.6 Å². The first kappa shape index (κ1) is 9.16. The summed E-state index contributed by atoms with van der Waals surface area (Å²) in [5.41, 5.74) is 3.14. The quantitative estimate of drug-likeness (QED) is 0.667. The van der Waals surface area contributed by atoms with Crippen molar-refractivity contribution in [3.8, 4) is 11.3 Å². The molecule has 2 aromatic rings. The van der Waals surface area contributed by atoms with E-state index in [-0.39, 0.29) is 5.28 Å². The molecular weight excluding hydrogens is 196 g/mol. The van der Waals surface area contributed by atoms with Gasteiger partial charge in [0.15, 0.2) is 0 Å². The van der Waals surface area contributed by atoms with Gasteiger partial charge in [0.1, 0.15) is 0 Å². The van der Waals surface area contributed by atoms with E-state index < -0.39 is 0 Å². The van der Waals surface area contributed by atoms with Crippen molar-refractivity contribution in [1.82, 2.24) is 9.97 Å². The molecule has 0 radical (unpaired) electrons. The van der Waals surface area contributed by atoms with Crippen molar-refractivity contribution in [2.75, 3.05) is 0 Å². The van der Waals surface area contributed by atoms with Crippen molar-refractivity contribution >= 4 is 11.6 Å². The number of halogens is 1. The smallest absolute Gasteiger partial charge is 0.222 e. The molecule has 0 aliphatic rings. The van der Waals surface area contributed by atoms with Crippen LogP contribution in [0.4, 0.5) is 0 Å². The highest BCUT2D eigenvalue weighted by molar-refractivity contribution is 6.28. The predicted octanol–water partition coefficient (Wildman–Crippen LogP) is 3.11. The van der Waals surface area contributed by atoms with Gasteiger partial charge >= 0.3 is 0 Å². The fraction of sp³-hybridized carbons (Fsp3) is 0.0909. The van der Waals surface area contributed by atoms with E-state index in [2.05, 4.69) is 9.97 Å². The molecular formula is C11H9ClN2. The molecule has 0 fully saturated rings. The van der Waals surface area contributed by atoms with Gasteiger partial charge < -0.3 is 0 Å². The Labute approximate surface area is 87.6 Å². The average molecular weight is 205 g/mol. The lowest BCUT2D eigenvalue weighted by Crippen LogP contribution is -1.88. The van der Waals surface area contributed by atoms with Crippen LogP contribution in [0.15, 0.2) is 36.5 Å². The summed E-state index contributed by atoms with van der Waals surface area (Å²) in [6.45, 7) is 2.05. The molecule has 0 N–H and O–H groups in total. The molecule has 14 heavy (non-hydrogen) atoms. The maximum Gasteiger partial charge on any atom is 0.222 e. The fourth-order valence-corrected chi connectivity index (χ4v) is 1.49. The van der Waals surface area contributed by atoms with Gasteiger partial charge in [-0.3, -0.25) is 0 Å². The van der Waals surface area contributed by atoms with Crippen LogP contribution in [0.1, 0.15) is 5.56 Å². The summed E-state index contributed by atoms with van der Waals surface area (Å²) in [5.74, 6) is 0. The highest BCUT2D eigenvalue weighted by Crippen LogP contribution is 2.21. The molecule has 0 unspecified atom stereocenters. The van der Waals surface area contributed by atoms with E-state index >= 15 is 0 Å². The Morgan fingerprint density at radius 1 is 1.14 bits per heavy atom. The number of benzene rings is 1. The average Bonchev–Trinajstić information content (AvgIpc) is 2.18. The highest BCUT2D eigenvalue weighted by atomic mass is 35.5. The third kappa shape index (κ3) is 1.75. The number of nitrogens with zero attached hydrogens (tertiary/aromatic N) is 2. The van der Waals surface area contributed by atoms with Crippen molar-refractivity contribution in [2.45, 2.75) is 6.92 Å². The van der Waals surface area contributed by atoms with Crippen LogP contribution in [-0.4, -0.2) is 9.97 Å². The Morgan fingerprint density at radius 2 is 1.93 bits per heavy atom. The van der Waals surface area contributed by atoms with E-state index in [0.717, 1.165) is 11.3 Å². The molecule has 1 aromatic heterocycles. The van der Waals surface area contributed by atoms with Crippen LogP contribution in [-0.2, 0) is 0 Å². The minimum absolute atomic E-state index is 0.283. The molecule has 1 heterocycles. The first-order valence-electron chi connectivity index (χ1n) is 4.32. The lowest BCUT2D eigenvalue weighted by Gasteiger charge is -2.03. The van der Waals surface area contributed by atoms with Crippen molar-refractivity contribution in [1.29, 1.82) is 0 Å². The van der Waals surface area contributed by atoms with Crippen LogP contribution in [0.25, 0.3) is 11.3 Å². The van der Waals surface area contributed by atoms with Gasteiger partial charge in [0.25, 0.3) is 0 Å². The minimum atomic E-state index is 0.283. The standard InChI is InChI=1S/C11H9ClN2/c1-8-4-2-3-5-9(8)10-6-7-13-11(12)14-10/h2-7H,1H3. The summed E-state index contributed by atoms with van der Waals surface area (Å²) in [5, 5.41) is 0.283. The molecule has 0 saturated heterocycles. The fourth-order valence-electron chi connectivity index (χ4n) is 1.35. The van der Waals surface area contributed by atoms with Crippen LogP contribution < -0.4 is 0 Å². The van der Waals surface area contributed by atoms with E-state index in [1.54, 1.807) is 6.20 Å². The van der Waals surface area contributed by atoms with Crippen LogP contribution in [0.3, 0.4) is 0 Å².